The Labute approximate surface area is 233 Å². The summed E-state index contributed by atoms with van der Waals surface area (Å²) in [7, 11) is 0. The van der Waals surface area contributed by atoms with Gasteiger partial charge in [-0.25, -0.2) is 0 Å². The fourth-order valence-corrected chi connectivity index (χ4v) is 7.51. The van der Waals surface area contributed by atoms with Crippen molar-refractivity contribution in [2.75, 3.05) is 0 Å². The molecule has 0 amide bonds. The third kappa shape index (κ3) is 2.51. The Morgan fingerprint density at radius 3 is 1.12 bits per heavy atom. The van der Waals surface area contributed by atoms with Crippen LogP contribution in [-0.2, 0) is 10.8 Å². The predicted octanol–water partition coefficient (Wildman–Crippen LogP) is 10.6. The summed E-state index contributed by atoms with van der Waals surface area (Å²) in [6.45, 7) is 13.9. The van der Waals surface area contributed by atoms with Crippen LogP contribution in [0.2, 0.25) is 0 Å². The van der Waals surface area contributed by atoms with Gasteiger partial charge in [0.05, 0.1) is 33.1 Å². The van der Waals surface area contributed by atoms with Gasteiger partial charge in [-0.15, -0.1) is 0 Å². The van der Waals surface area contributed by atoms with E-state index in [1.165, 1.54) is 87.3 Å². The summed E-state index contributed by atoms with van der Waals surface area (Å²) in [5.41, 5.74) is 10.8. The first-order chi connectivity index (χ1) is 19.1. The fourth-order valence-electron chi connectivity index (χ4n) is 7.51. The van der Waals surface area contributed by atoms with Crippen molar-refractivity contribution in [3.8, 4) is 0 Å². The van der Waals surface area contributed by atoms with Gasteiger partial charge in [0.25, 0.3) is 0 Å². The van der Waals surface area contributed by atoms with Gasteiger partial charge in [0, 0.05) is 43.1 Å². The van der Waals surface area contributed by atoms with Crippen LogP contribution in [0.4, 0.5) is 0 Å². The Morgan fingerprint density at radius 1 is 0.400 bits per heavy atom. The molecule has 0 bridgehead atoms. The van der Waals surface area contributed by atoms with Crippen molar-refractivity contribution < 1.29 is 0 Å². The first-order valence-electron chi connectivity index (χ1n) is 14.5. The van der Waals surface area contributed by atoms with Crippen molar-refractivity contribution in [2.45, 2.75) is 52.4 Å². The molecule has 40 heavy (non-hydrogen) atoms. The maximum absolute atomic E-state index is 2.56. The molecule has 2 nitrogen and oxygen atoms in total. The van der Waals surface area contributed by atoms with E-state index >= 15 is 0 Å². The van der Waals surface area contributed by atoms with Crippen molar-refractivity contribution in [3.05, 3.63) is 96.1 Å². The highest BCUT2D eigenvalue weighted by molar-refractivity contribution is 6.45. The van der Waals surface area contributed by atoms with Gasteiger partial charge in [-0.2, -0.15) is 0 Å². The summed E-state index contributed by atoms with van der Waals surface area (Å²) in [6, 6.07) is 32.4. The second-order valence-corrected chi connectivity index (χ2v) is 13.9. The normalized spacial score (nSPS) is 13.8. The van der Waals surface area contributed by atoms with E-state index in [4.69, 9.17) is 0 Å². The van der Waals surface area contributed by atoms with Crippen molar-refractivity contribution in [2.24, 2.45) is 0 Å². The quantitative estimate of drug-likeness (QED) is 0.189. The second kappa shape index (κ2) is 6.88. The number of para-hydroxylation sites is 2. The van der Waals surface area contributed by atoms with Crippen molar-refractivity contribution in [3.63, 3.8) is 0 Å². The number of benzene rings is 5. The zero-order valence-corrected chi connectivity index (χ0v) is 24.0. The van der Waals surface area contributed by atoms with Crippen molar-refractivity contribution in [1.29, 1.82) is 0 Å². The predicted molar refractivity (Wildman–Crippen MR) is 173 cm³/mol. The minimum absolute atomic E-state index is 0.0809. The van der Waals surface area contributed by atoms with E-state index in [2.05, 4.69) is 135 Å². The van der Waals surface area contributed by atoms with E-state index < -0.39 is 0 Å². The van der Waals surface area contributed by atoms with E-state index in [1.54, 1.807) is 0 Å². The molecule has 0 fully saturated rings. The highest BCUT2D eigenvalue weighted by atomic mass is 14.9. The van der Waals surface area contributed by atoms with Crippen LogP contribution in [0.3, 0.4) is 0 Å². The topological polar surface area (TPSA) is 8.82 Å². The van der Waals surface area contributed by atoms with Crippen LogP contribution < -0.4 is 0 Å². The van der Waals surface area contributed by atoms with Gasteiger partial charge in [0.15, 0.2) is 0 Å². The Morgan fingerprint density at radius 2 is 0.750 bits per heavy atom. The fraction of sp³-hybridized carbons (Fsp3) is 0.211. The molecule has 0 saturated heterocycles. The van der Waals surface area contributed by atoms with E-state index in [0.29, 0.717) is 0 Å². The first-order valence-corrected chi connectivity index (χ1v) is 14.5. The van der Waals surface area contributed by atoms with Crippen LogP contribution in [0.25, 0.3) is 76.2 Å². The summed E-state index contributed by atoms with van der Waals surface area (Å²) < 4.78 is 5.13. The number of hydrogen-bond donors (Lipinski definition) is 0. The summed E-state index contributed by atoms with van der Waals surface area (Å²) >= 11 is 0. The molecule has 9 rings (SSSR count). The molecule has 0 N–H and O–H groups in total. The van der Waals surface area contributed by atoms with Gasteiger partial charge in [-0.3, -0.25) is 0 Å². The number of fused-ring (bicyclic) bond motifs is 14. The average Bonchev–Trinajstić information content (AvgIpc) is 3.63. The van der Waals surface area contributed by atoms with Gasteiger partial charge in [-0.1, -0.05) is 102 Å². The highest BCUT2D eigenvalue weighted by Crippen LogP contribution is 2.52. The van der Waals surface area contributed by atoms with Crippen LogP contribution >= 0.6 is 0 Å². The smallest absolute Gasteiger partial charge is 0.0634 e. The van der Waals surface area contributed by atoms with Crippen LogP contribution in [0.15, 0.2) is 84.9 Å². The Balaban J connectivity index is 1.67. The molecule has 0 radical (unpaired) electrons. The first kappa shape index (κ1) is 22.5. The number of hydrogen-bond acceptors (Lipinski definition) is 0. The summed E-state index contributed by atoms with van der Waals surface area (Å²) in [5, 5.41) is 10.9. The molecule has 0 saturated carbocycles. The van der Waals surface area contributed by atoms with Gasteiger partial charge in [-0.05, 0) is 46.2 Å². The Bertz CT molecular complexity index is 2310. The lowest BCUT2D eigenvalue weighted by molar-refractivity contribution is 0.590. The second-order valence-electron chi connectivity index (χ2n) is 13.9. The Kier molecular flexibility index (Phi) is 3.87. The minimum Gasteiger partial charge on any atom is -0.308 e. The largest absolute Gasteiger partial charge is 0.308 e. The lowest BCUT2D eigenvalue weighted by Crippen LogP contribution is -2.10. The zero-order valence-electron chi connectivity index (χ0n) is 24.0. The standard InChI is InChI=1S/C38H32N2/c1-37(2,3)21-15-17-25-29(19-21)39-27-13-9-7-11-23(27)32-34-26-18-16-22(38(4,5)6)20-30(26)40-28-14-10-8-12-24(28)31(36(34)40)33(25)35(32)39/h7-20H,1-6H3. The lowest BCUT2D eigenvalue weighted by atomic mass is 9.86. The molecule has 2 heteroatoms. The third-order valence-electron chi connectivity index (χ3n) is 9.47. The summed E-state index contributed by atoms with van der Waals surface area (Å²) in [4.78, 5) is 0. The molecule has 4 heterocycles. The van der Waals surface area contributed by atoms with Crippen LogP contribution in [0.5, 0.6) is 0 Å². The van der Waals surface area contributed by atoms with E-state index in [0.717, 1.165) is 0 Å². The summed E-state index contributed by atoms with van der Waals surface area (Å²) in [6.07, 6.45) is 0. The summed E-state index contributed by atoms with van der Waals surface area (Å²) in [5.74, 6) is 0. The van der Waals surface area contributed by atoms with E-state index in [-0.39, 0.29) is 10.8 Å². The lowest BCUT2D eigenvalue weighted by Gasteiger charge is -2.19. The molecule has 0 aliphatic heterocycles. The van der Waals surface area contributed by atoms with Crippen LogP contribution in [0.1, 0.15) is 52.7 Å². The highest BCUT2D eigenvalue weighted by Gasteiger charge is 2.29. The molecular formula is C38H32N2. The third-order valence-corrected chi connectivity index (χ3v) is 9.47. The van der Waals surface area contributed by atoms with E-state index in [1.807, 2.05) is 0 Å². The molecule has 0 aliphatic carbocycles. The SMILES string of the molecule is CC(C)(C)c1ccc2c3c4c5ccccc5n5c6cc(C(C)(C)C)ccc6c(c6c7ccccc7n(c2c1)c63)c45. The van der Waals surface area contributed by atoms with Gasteiger partial charge >= 0.3 is 0 Å². The minimum atomic E-state index is 0.0809. The molecule has 4 aromatic heterocycles. The molecule has 0 atom stereocenters. The maximum Gasteiger partial charge on any atom is 0.0634 e. The van der Waals surface area contributed by atoms with Gasteiger partial charge < -0.3 is 8.80 Å². The number of nitrogens with zero attached hydrogens (tertiary/aromatic N) is 2. The Hall–Kier alpha value is -4.30. The van der Waals surface area contributed by atoms with Crippen molar-refractivity contribution >= 4 is 76.2 Å². The number of rotatable bonds is 0. The van der Waals surface area contributed by atoms with E-state index in [9.17, 15) is 0 Å². The van der Waals surface area contributed by atoms with Gasteiger partial charge in [0.2, 0.25) is 0 Å². The molecule has 5 aromatic carbocycles. The number of aromatic nitrogens is 2. The molecule has 0 aliphatic rings. The molecule has 9 aromatic rings. The zero-order chi connectivity index (χ0) is 27.3. The van der Waals surface area contributed by atoms with Gasteiger partial charge in [0.1, 0.15) is 0 Å². The molecule has 0 spiro atoms. The maximum atomic E-state index is 2.56. The molecule has 0 unspecified atom stereocenters. The van der Waals surface area contributed by atoms with Crippen LogP contribution in [0, 0.1) is 0 Å². The monoisotopic (exact) mass is 516 g/mol. The average molecular weight is 517 g/mol. The van der Waals surface area contributed by atoms with Crippen molar-refractivity contribution in [1.82, 2.24) is 8.80 Å². The van der Waals surface area contributed by atoms with Crippen LogP contribution in [-0.4, -0.2) is 8.80 Å². The molecular weight excluding hydrogens is 484 g/mol. The molecule has 194 valence electrons.